The molecule has 0 amide bonds. The molecule has 1 aromatic rings. The molecule has 6 nitrogen and oxygen atoms in total. The number of Topliss-reactive ketones (excluding diaryl/α,β-unsaturated/α-hetero) is 1. The van der Waals surface area contributed by atoms with Crippen molar-refractivity contribution in [1.29, 1.82) is 5.26 Å². The summed E-state index contributed by atoms with van der Waals surface area (Å²) in [4.78, 5) is 17.3. The van der Waals surface area contributed by atoms with Gasteiger partial charge < -0.3 is 9.95 Å². The number of nitriles is 1. The van der Waals surface area contributed by atoms with Gasteiger partial charge in [0.1, 0.15) is 6.07 Å². The Kier molecular flexibility index (Phi) is 5.42. The molecule has 0 radical (unpaired) electrons. The van der Waals surface area contributed by atoms with Crippen LogP contribution in [0.15, 0.2) is 6.07 Å². The average molecular weight is 475 g/mol. The molecular weight excluding hydrogens is 436 g/mol. The van der Waals surface area contributed by atoms with Crippen molar-refractivity contribution in [2.45, 2.75) is 90.2 Å². The van der Waals surface area contributed by atoms with Crippen LogP contribution in [-0.2, 0) is 11.3 Å². The molecule has 0 spiro atoms. The molecule has 6 rings (SSSR count). The van der Waals surface area contributed by atoms with Crippen LogP contribution in [0, 0.1) is 70.7 Å². The maximum Gasteiger partial charge on any atom is 0.253 e. The second kappa shape index (κ2) is 8.17. The summed E-state index contributed by atoms with van der Waals surface area (Å²) in [6, 6.07) is 3.49. The summed E-state index contributed by atoms with van der Waals surface area (Å²) >= 11 is 0. The van der Waals surface area contributed by atoms with E-state index in [0.29, 0.717) is 17.8 Å². The number of carbonyl (C=O) groups is 1. The highest BCUT2D eigenvalue weighted by Gasteiger charge is 2.64. The predicted octanol–water partition coefficient (Wildman–Crippen LogP) is 5.53. The van der Waals surface area contributed by atoms with Gasteiger partial charge in [0.05, 0.1) is 5.60 Å². The smallest absolute Gasteiger partial charge is 0.253 e. The van der Waals surface area contributed by atoms with E-state index in [9.17, 15) is 15.2 Å². The number of carbonyl (C=O) groups excluding carboxylic acids is 1. The fourth-order valence-corrected chi connectivity index (χ4v) is 9.69. The third kappa shape index (κ3) is 3.75. The first kappa shape index (κ1) is 23.2. The van der Waals surface area contributed by atoms with Gasteiger partial charge in [-0.2, -0.15) is 9.94 Å². The number of hydrogen-bond donors (Lipinski definition) is 1. The standard InChI is InChI=1S/C29H38N4O2/c1-28(35)10-8-20-18(14-28)6-7-22-21(20)9-11-29(2)24(13-23(27(22)29)17-4-5-17)25(34)16-33-26(31-3)12-19(15-30)32-33/h12,17-18,20-24,27,35H,4-11,13-14,16H2,1-2H3/t18-,20+,21-,22-,23+,24-,27-,28-,29-/m1/s1. The Hall–Kier alpha value is -2.18. The zero-order valence-corrected chi connectivity index (χ0v) is 21.1. The second-order valence-electron chi connectivity index (χ2n) is 13.2. The molecule has 5 fully saturated rings. The molecule has 5 aliphatic rings. The molecule has 0 saturated heterocycles. The first-order chi connectivity index (χ1) is 16.7. The summed E-state index contributed by atoms with van der Waals surface area (Å²) in [5.41, 5.74) is -0.248. The van der Waals surface area contributed by atoms with Crippen LogP contribution in [0.1, 0.15) is 83.7 Å². The molecular formula is C29H38N4O2. The number of nitrogens with zero attached hydrogens (tertiary/aromatic N) is 4. The summed E-state index contributed by atoms with van der Waals surface area (Å²) in [7, 11) is 0. The molecule has 5 saturated carbocycles. The zero-order chi connectivity index (χ0) is 24.5. The number of hydrogen-bond acceptors (Lipinski definition) is 4. The molecule has 1 heterocycles. The number of rotatable bonds is 4. The van der Waals surface area contributed by atoms with Gasteiger partial charge in [0.2, 0.25) is 0 Å². The van der Waals surface area contributed by atoms with Crippen LogP contribution in [0.25, 0.3) is 4.85 Å². The first-order valence-electron chi connectivity index (χ1n) is 13.8. The van der Waals surface area contributed by atoms with Crippen molar-refractivity contribution in [3.8, 4) is 6.07 Å². The molecule has 0 bridgehead atoms. The molecule has 6 heteroatoms. The van der Waals surface area contributed by atoms with Crippen molar-refractivity contribution in [3.63, 3.8) is 0 Å². The molecule has 1 aromatic heterocycles. The lowest BCUT2D eigenvalue weighted by atomic mass is 9.48. The minimum absolute atomic E-state index is 0.0252. The lowest BCUT2D eigenvalue weighted by molar-refractivity contribution is -0.134. The van der Waals surface area contributed by atoms with E-state index < -0.39 is 5.60 Å². The van der Waals surface area contributed by atoms with Gasteiger partial charge in [-0.3, -0.25) is 4.79 Å². The van der Waals surface area contributed by atoms with Crippen molar-refractivity contribution < 1.29 is 9.90 Å². The van der Waals surface area contributed by atoms with E-state index in [1.807, 2.05) is 13.0 Å². The first-order valence-corrected chi connectivity index (χ1v) is 13.8. The SMILES string of the molecule is [C-]#[N+]c1cc(C#N)nn1CC(=O)[C@H]1C[C@@H](C2CC2)[C@H]2[C@@H]3CC[C@@H]4C[C@](C)(O)CC[C@@H]4[C@H]3CC[C@@]21C. The minimum atomic E-state index is -0.485. The molecule has 186 valence electrons. The van der Waals surface area contributed by atoms with Gasteiger partial charge in [-0.05, 0) is 118 Å². The van der Waals surface area contributed by atoms with Crippen LogP contribution in [-0.4, -0.2) is 26.3 Å². The van der Waals surface area contributed by atoms with E-state index in [4.69, 9.17) is 6.57 Å². The third-order valence-corrected chi connectivity index (χ3v) is 11.2. The number of aliphatic hydroxyl groups is 1. The van der Waals surface area contributed by atoms with Crippen molar-refractivity contribution in [1.82, 2.24) is 9.78 Å². The largest absolute Gasteiger partial charge is 0.390 e. The fraction of sp³-hybridized carbons (Fsp3) is 0.793. The van der Waals surface area contributed by atoms with E-state index >= 15 is 0 Å². The van der Waals surface area contributed by atoms with Gasteiger partial charge in [0.25, 0.3) is 5.82 Å². The lowest BCUT2D eigenvalue weighted by Gasteiger charge is -2.57. The highest BCUT2D eigenvalue weighted by molar-refractivity contribution is 5.82. The zero-order valence-electron chi connectivity index (χ0n) is 21.1. The normalized spacial score (nSPS) is 44.4. The molecule has 0 aromatic carbocycles. The summed E-state index contributed by atoms with van der Waals surface area (Å²) in [5, 5.41) is 24.1. The summed E-state index contributed by atoms with van der Waals surface area (Å²) in [6.07, 6.45) is 11.5. The quantitative estimate of drug-likeness (QED) is 0.582. The lowest BCUT2D eigenvalue weighted by Crippen LogP contribution is -2.52. The van der Waals surface area contributed by atoms with Crippen LogP contribution >= 0.6 is 0 Å². The van der Waals surface area contributed by atoms with Crippen LogP contribution in [0.3, 0.4) is 0 Å². The molecule has 9 atom stereocenters. The summed E-state index contributed by atoms with van der Waals surface area (Å²) < 4.78 is 1.46. The Labute approximate surface area is 208 Å². The van der Waals surface area contributed by atoms with Gasteiger partial charge in [-0.15, -0.1) is 0 Å². The van der Waals surface area contributed by atoms with Gasteiger partial charge in [0, 0.05) is 12.0 Å². The van der Waals surface area contributed by atoms with Crippen LogP contribution in [0.4, 0.5) is 5.82 Å². The Morgan fingerprint density at radius 2 is 1.89 bits per heavy atom. The molecule has 0 aliphatic heterocycles. The van der Waals surface area contributed by atoms with E-state index in [1.165, 1.54) is 49.3 Å². The number of ketones is 1. The topological polar surface area (TPSA) is 83.3 Å². The van der Waals surface area contributed by atoms with E-state index in [2.05, 4.69) is 16.9 Å². The van der Waals surface area contributed by atoms with Crippen molar-refractivity contribution in [2.24, 2.45) is 52.8 Å². The van der Waals surface area contributed by atoms with E-state index in [1.54, 1.807) is 0 Å². The van der Waals surface area contributed by atoms with Crippen molar-refractivity contribution in [2.75, 3.05) is 0 Å². The summed E-state index contributed by atoms with van der Waals surface area (Å²) in [6.45, 7) is 12.0. The third-order valence-electron chi connectivity index (χ3n) is 11.2. The predicted molar refractivity (Wildman–Crippen MR) is 131 cm³/mol. The molecule has 0 unspecified atom stereocenters. The van der Waals surface area contributed by atoms with Gasteiger partial charge in [0.15, 0.2) is 18.0 Å². The maximum atomic E-state index is 13.8. The van der Waals surface area contributed by atoms with E-state index in [0.717, 1.165) is 49.4 Å². The highest BCUT2D eigenvalue weighted by atomic mass is 16.3. The summed E-state index contributed by atoms with van der Waals surface area (Å²) in [5.74, 6) is 5.48. The van der Waals surface area contributed by atoms with Gasteiger partial charge in [-0.25, -0.2) is 0 Å². The fourth-order valence-electron chi connectivity index (χ4n) is 9.69. The number of aromatic nitrogens is 2. The minimum Gasteiger partial charge on any atom is -0.390 e. The Balaban J connectivity index is 1.27. The van der Waals surface area contributed by atoms with Crippen LogP contribution in [0.5, 0.6) is 0 Å². The van der Waals surface area contributed by atoms with Gasteiger partial charge in [-0.1, -0.05) is 18.6 Å². The van der Waals surface area contributed by atoms with Crippen molar-refractivity contribution >= 4 is 11.6 Å². The number of fused-ring (bicyclic) bond motifs is 5. The van der Waals surface area contributed by atoms with Gasteiger partial charge >= 0.3 is 0 Å². The second-order valence-corrected chi connectivity index (χ2v) is 13.2. The van der Waals surface area contributed by atoms with Crippen LogP contribution < -0.4 is 0 Å². The van der Waals surface area contributed by atoms with E-state index in [-0.39, 0.29) is 35.2 Å². The highest BCUT2D eigenvalue weighted by Crippen LogP contribution is 2.69. The Bertz CT molecular complexity index is 1100. The van der Waals surface area contributed by atoms with Crippen molar-refractivity contribution in [3.05, 3.63) is 23.2 Å². The molecule has 5 aliphatic carbocycles. The Morgan fingerprint density at radius 3 is 2.60 bits per heavy atom. The maximum absolute atomic E-state index is 13.8. The average Bonchev–Trinajstić information content (AvgIpc) is 3.51. The van der Waals surface area contributed by atoms with Crippen LogP contribution in [0.2, 0.25) is 0 Å². The monoisotopic (exact) mass is 474 g/mol. The molecule has 35 heavy (non-hydrogen) atoms. The Morgan fingerprint density at radius 1 is 1.14 bits per heavy atom. The molecule has 1 N–H and O–H groups in total.